The number of nitrogens with one attached hydrogen (secondary N) is 1. The lowest BCUT2D eigenvalue weighted by atomic mass is 9.87. The van der Waals surface area contributed by atoms with Gasteiger partial charge < -0.3 is 11.1 Å². The van der Waals surface area contributed by atoms with Crippen LogP contribution < -0.4 is 11.1 Å². The van der Waals surface area contributed by atoms with Crippen molar-refractivity contribution < 1.29 is 0 Å². The maximum atomic E-state index is 5.59. The van der Waals surface area contributed by atoms with Crippen molar-refractivity contribution in [3.05, 3.63) is 35.4 Å². The van der Waals surface area contributed by atoms with Crippen molar-refractivity contribution in [2.75, 3.05) is 6.54 Å². The first-order valence-corrected chi connectivity index (χ1v) is 5.82. The maximum absolute atomic E-state index is 5.59. The van der Waals surface area contributed by atoms with Crippen LogP contribution in [0.15, 0.2) is 24.3 Å². The fraction of sp³-hybridized carbons (Fsp3) is 0.538. The molecule has 0 aliphatic carbocycles. The molecule has 3 N–H and O–H groups in total. The Kier molecular flexibility index (Phi) is 3.39. The van der Waals surface area contributed by atoms with E-state index in [0.29, 0.717) is 12.6 Å². The Morgan fingerprint density at radius 2 is 2.07 bits per heavy atom. The van der Waals surface area contributed by atoms with Crippen molar-refractivity contribution in [2.24, 2.45) is 5.73 Å². The zero-order valence-corrected chi connectivity index (χ0v) is 9.37. The molecule has 1 aromatic rings. The van der Waals surface area contributed by atoms with Gasteiger partial charge in [0.15, 0.2) is 0 Å². The van der Waals surface area contributed by atoms with E-state index in [1.165, 1.54) is 24.0 Å². The molecular formula is C13H20N2. The molecule has 2 heteroatoms. The summed E-state index contributed by atoms with van der Waals surface area (Å²) in [5, 5.41) is 3.48. The summed E-state index contributed by atoms with van der Waals surface area (Å²) in [6, 6.07) is 9.44. The highest BCUT2D eigenvalue weighted by Crippen LogP contribution is 2.27. The minimum Gasteiger partial charge on any atom is -0.326 e. The predicted octanol–water partition coefficient (Wildman–Crippen LogP) is 2.00. The molecule has 0 radical (unpaired) electrons. The number of nitrogens with two attached hydrogens (primary N) is 1. The van der Waals surface area contributed by atoms with Gasteiger partial charge in [-0.25, -0.2) is 0 Å². The molecule has 1 aliphatic rings. The molecule has 0 amide bonds. The van der Waals surface area contributed by atoms with Crippen LogP contribution >= 0.6 is 0 Å². The standard InChI is InChI=1S/C13H20N2/c1-10-8-13(6-7-15-10)12-4-2-11(9-14)3-5-12/h2-5,10,13,15H,6-9,14H2,1H3. The number of hydrogen-bond acceptors (Lipinski definition) is 2. The van der Waals surface area contributed by atoms with Gasteiger partial charge in [-0.3, -0.25) is 0 Å². The molecule has 1 saturated heterocycles. The van der Waals surface area contributed by atoms with Crippen molar-refractivity contribution in [1.82, 2.24) is 5.32 Å². The molecule has 82 valence electrons. The van der Waals surface area contributed by atoms with Crippen LogP contribution in [-0.4, -0.2) is 12.6 Å². The van der Waals surface area contributed by atoms with Crippen LogP contribution in [-0.2, 0) is 6.54 Å². The highest BCUT2D eigenvalue weighted by Gasteiger charge is 2.19. The Labute approximate surface area is 91.9 Å². The van der Waals surface area contributed by atoms with E-state index in [1.54, 1.807) is 0 Å². The molecule has 1 fully saturated rings. The molecule has 2 unspecified atom stereocenters. The zero-order chi connectivity index (χ0) is 10.7. The third-order valence-corrected chi connectivity index (χ3v) is 3.31. The summed E-state index contributed by atoms with van der Waals surface area (Å²) in [6.45, 7) is 4.05. The van der Waals surface area contributed by atoms with Gasteiger partial charge in [0, 0.05) is 12.6 Å². The van der Waals surface area contributed by atoms with Crippen LogP contribution in [0.2, 0.25) is 0 Å². The van der Waals surface area contributed by atoms with Crippen molar-refractivity contribution in [1.29, 1.82) is 0 Å². The predicted molar refractivity (Wildman–Crippen MR) is 63.8 cm³/mol. The van der Waals surface area contributed by atoms with Gasteiger partial charge in [-0.2, -0.15) is 0 Å². The zero-order valence-electron chi connectivity index (χ0n) is 9.37. The smallest absolute Gasteiger partial charge is 0.0178 e. The maximum Gasteiger partial charge on any atom is 0.0178 e. The molecule has 2 nitrogen and oxygen atoms in total. The first-order valence-electron chi connectivity index (χ1n) is 5.82. The normalized spacial score (nSPS) is 26.5. The quantitative estimate of drug-likeness (QED) is 0.773. The number of hydrogen-bond donors (Lipinski definition) is 2. The molecule has 0 bridgehead atoms. The summed E-state index contributed by atoms with van der Waals surface area (Å²) in [5.41, 5.74) is 8.29. The fourth-order valence-corrected chi connectivity index (χ4v) is 2.36. The van der Waals surface area contributed by atoms with Gasteiger partial charge in [0.2, 0.25) is 0 Å². The summed E-state index contributed by atoms with van der Waals surface area (Å²) in [5.74, 6) is 0.730. The summed E-state index contributed by atoms with van der Waals surface area (Å²) < 4.78 is 0. The van der Waals surface area contributed by atoms with Gasteiger partial charge in [0.1, 0.15) is 0 Å². The highest BCUT2D eigenvalue weighted by atomic mass is 14.9. The largest absolute Gasteiger partial charge is 0.326 e. The van der Waals surface area contributed by atoms with E-state index in [0.717, 1.165) is 12.5 Å². The molecule has 1 aliphatic heterocycles. The van der Waals surface area contributed by atoms with Crippen LogP contribution in [0.4, 0.5) is 0 Å². The summed E-state index contributed by atoms with van der Waals surface area (Å²) in [7, 11) is 0. The topological polar surface area (TPSA) is 38.0 Å². The molecule has 0 aromatic heterocycles. The molecule has 15 heavy (non-hydrogen) atoms. The molecule has 1 heterocycles. The highest BCUT2D eigenvalue weighted by molar-refractivity contribution is 5.25. The van der Waals surface area contributed by atoms with Crippen molar-refractivity contribution in [3.63, 3.8) is 0 Å². The molecule has 1 aromatic carbocycles. The SMILES string of the molecule is CC1CC(c2ccc(CN)cc2)CCN1. The average molecular weight is 204 g/mol. The van der Waals surface area contributed by atoms with Crippen molar-refractivity contribution in [2.45, 2.75) is 38.3 Å². The molecule has 2 rings (SSSR count). The Balaban J connectivity index is 2.07. The van der Waals surface area contributed by atoms with Crippen LogP contribution in [0.1, 0.15) is 36.8 Å². The van der Waals surface area contributed by atoms with E-state index in [4.69, 9.17) is 5.73 Å². The monoisotopic (exact) mass is 204 g/mol. The Morgan fingerprint density at radius 3 is 2.67 bits per heavy atom. The van der Waals surface area contributed by atoms with Crippen LogP contribution in [0, 0.1) is 0 Å². The third kappa shape index (κ3) is 2.58. The second kappa shape index (κ2) is 4.77. The third-order valence-electron chi connectivity index (χ3n) is 3.31. The lowest BCUT2D eigenvalue weighted by Gasteiger charge is -2.28. The molecule has 0 spiro atoms. The first-order chi connectivity index (χ1) is 7.29. The van der Waals surface area contributed by atoms with Crippen LogP contribution in [0.5, 0.6) is 0 Å². The second-order valence-electron chi connectivity index (χ2n) is 4.52. The van der Waals surface area contributed by atoms with E-state index >= 15 is 0 Å². The Morgan fingerprint density at radius 1 is 1.33 bits per heavy atom. The first kappa shape index (κ1) is 10.7. The van der Waals surface area contributed by atoms with Gasteiger partial charge in [-0.05, 0) is 43.4 Å². The van der Waals surface area contributed by atoms with Gasteiger partial charge in [-0.1, -0.05) is 24.3 Å². The van der Waals surface area contributed by atoms with Gasteiger partial charge >= 0.3 is 0 Å². The van der Waals surface area contributed by atoms with Gasteiger partial charge in [0.05, 0.1) is 0 Å². The van der Waals surface area contributed by atoms with Crippen LogP contribution in [0.3, 0.4) is 0 Å². The summed E-state index contributed by atoms with van der Waals surface area (Å²) in [4.78, 5) is 0. The van der Waals surface area contributed by atoms with E-state index < -0.39 is 0 Å². The Hall–Kier alpha value is -0.860. The number of piperidine rings is 1. The number of rotatable bonds is 2. The summed E-state index contributed by atoms with van der Waals surface area (Å²) >= 11 is 0. The average Bonchev–Trinajstić information content (AvgIpc) is 2.29. The van der Waals surface area contributed by atoms with Gasteiger partial charge in [0.25, 0.3) is 0 Å². The van der Waals surface area contributed by atoms with E-state index in [2.05, 4.69) is 36.5 Å². The second-order valence-corrected chi connectivity index (χ2v) is 4.52. The molecular weight excluding hydrogens is 184 g/mol. The lowest BCUT2D eigenvalue weighted by molar-refractivity contribution is 0.381. The minimum absolute atomic E-state index is 0.642. The van der Waals surface area contributed by atoms with E-state index in [9.17, 15) is 0 Å². The minimum atomic E-state index is 0.642. The molecule has 0 saturated carbocycles. The lowest BCUT2D eigenvalue weighted by Crippen LogP contribution is -2.34. The number of benzene rings is 1. The van der Waals surface area contributed by atoms with E-state index in [1.807, 2.05) is 0 Å². The Bertz CT molecular complexity index is 305. The van der Waals surface area contributed by atoms with Crippen molar-refractivity contribution >= 4 is 0 Å². The summed E-state index contributed by atoms with van der Waals surface area (Å²) in [6.07, 6.45) is 2.51. The van der Waals surface area contributed by atoms with Crippen molar-refractivity contribution in [3.8, 4) is 0 Å². The fourth-order valence-electron chi connectivity index (χ4n) is 2.36. The molecule has 2 atom stereocenters. The van der Waals surface area contributed by atoms with Gasteiger partial charge in [-0.15, -0.1) is 0 Å². The van der Waals surface area contributed by atoms with Crippen LogP contribution in [0.25, 0.3) is 0 Å². The van der Waals surface area contributed by atoms with E-state index in [-0.39, 0.29) is 0 Å².